The molecule has 1 N–H and O–H groups in total. The number of halogens is 1. The lowest BCUT2D eigenvalue weighted by atomic mass is 10.3. The van der Waals surface area contributed by atoms with E-state index < -0.39 is 20.8 Å². The smallest absolute Gasteiger partial charge is 0.345 e. The Bertz CT molecular complexity index is 613. The third kappa shape index (κ3) is 5.59. The van der Waals surface area contributed by atoms with Crippen molar-refractivity contribution in [3.63, 3.8) is 0 Å². The maximum Gasteiger partial charge on any atom is 0.345 e. The molecule has 0 unspecified atom stereocenters. The van der Waals surface area contributed by atoms with Gasteiger partial charge in [0.2, 0.25) is 10.4 Å². The van der Waals surface area contributed by atoms with Gasteiger partial charge in [0.25, 0.3) is 0 Å². The monoisotopic (exact) mass is 383 g/mol. The van der Waals surface area contributed by atoms with E-state index in [1.807, 2.05) is 13.8 Å². The average Bonchev–Trinajstić information content (AvgIpc) is 2.59. The summed E-state index contributed by atoms with van der Waals surface area (Å²) in [6.07, 6.45) is 0.553. The van der Waals surface area contributed by atoms with E-state index in [1.54, 1.807) is 0 Å². The number of hydrogen-bond acceptors (Lipinski definition) is 7. The zero-order chi connectivity index (χ0) is 16.2. The van der Waals surface area contributed by atoms with Crippen LogP contribution in [0.4, 0.5) is 11.5 Å². The third-order valence-electron chi connectivity index (χ3n) is 2.51. The molecule has 0 radical (unpaired) electrons. The van der Waals surface area contributed by atoms with Crippen LogP contribution in [0.1, 0.15) is 26.7 Å². The van der Waals surface area contributed by atoms with Gasteiger partial charge in [-0.3, -0.25) is 10.1 Å². The molecule has 0 aliphatic heterocycles. The highest BCUT2D eigenvalue weighted by atomic mass is 79.9. The lowest BCUT2D eigenvalue weighted by molar-refractivity contribution is -0.384. The molecule has 0 amide bonds. The molecule has 11 heteroatoms. The maximum atomic E-state index is 11.1. The van der Waals surface area contributed by atoms with Crippen LogP contribution in [0, 0.1) is 10.1 Å². The van der Waals surface area contributed by atoms with Gasteiger partial charge in [0.05, 0.1) is 15.0 Å². The molecule has 9 nitrogen and oxygen atoms in total. The first-order valence-corrected chi connectivity index (χ1v) is 8.59. The first-order chi connectivity index (χ1) is 9.61. The summed E-state index contributed by atoms with van der Waals surface area (Å²) in [7, 11) is -4.24. The van der Waals surface area contributed by atoms with E-state index in [2.05, 4.69) is 26.3 Å². The summed E-state index contributed by atoms with van der Waals surface area (Å²) in [6, 6.07) is -0.0342. The van der Waals surface area contributed by atoms with Crippen molar-refractivity contribution in [3.8, 4) is 0 Å². The highest BCUT2D eigenvalue weighted by Gasteiger charge is 2.26. The Balaban J connectivity index is 2.86. The number of aryl methyl sites for hydroxylation is 1. The van der Waals surface area contributed by atoms with E-state index in [1.165, 1.54) is 4.68 Å². The number of nitro groups is 1. The highest BCUT2D eigenvalue weighted by molar-refractivity contribution is 9.10. The maximum absolute atomic E-state index is 11.1. The summed E-state index contributed by atoms with van der Waals surface area (Å²) in [5, 5.41) is 18.0. The van der Waals surface area contributed by atoms with Crippen molar-refractivity contribution < 1.29 is 17.9 Å². The Kier molecular flexibility index (Phi) is 6.10. The Morgan fingerprint density at radius 2 is 2.05 bits per heavy atom. The molecule has 0 fully saturated rings. The van der Waals surface area contributed by atoms with Gasteiger partial charge >= 0.3 is 5.69 Å². The van der Waals surface area contributed by atoms with E-state index in [4.69, 9.17) is 0 Å². The Morgan fingerprint density at radius 1 is 1.43 bits per heavy atom. The molecule has 0 spiro atoms. The molecule has 0 saturated carbocycles. The van der Waals surface area contributed by atoms with Crippen LogP contribution < -0.4 is 5.32 Å². The minimum Gasteiger partial charge on any atom is -0.748 e. The Morgan fingerprint density at radius 3 is 2.52 bits per heavy atom. The molecule has 1 aromatic heterocycles. The van der Waals surface area contributed by atoms with Gasteiger partial charge in [-0.15, -0.1) is 0 Å². The van der Waals surface area contributed by atoms with Gasteiger partial charge in [0.1, 0.15) is 0 Å². The molecule has 21 heavy (non-hydrogen) atoms. The lowest BCUT2D eigenvalue weighted by Crippen LogP contribution is -2.16. The van der Waals surface area contributed by atoms with Crippen LogP contribution in [-0.2, 0) is 16.7 Å². The molecule has 1 rings (SSSR count). The van der Waals surface area contributed by atoms with Crippen molar-refractivity contribution in [2.75, 3.05) is 11.1 Å². The molecular formula is C10H16BrN4O5S-. The number of unbranched alkanes of at least 4 members (excludes halogenated alkanes) is 1. The van der Waals surface area contributed by atoms with Gasteiger partial charge in [0.15, 0.2) is 0 Å². The summed E-state index contributed by atoms with van der Waals surface area (Å²) in [4.78, 5) is 10.5. The van der Waals surface area contributed by atoms with E-state index >= 15 is 0 Å². The number of hydrogen-bond donors (Lipinski definition) is 1. The van der Waals surface area contributed by atoms with Gasteiger partial charge in [-0.25, -0.2) is 13.1 Å². The molecule has 0 aromatic carbocycles. The lowest BCUT2D eigenvalue weighted by Gasteiger charge is -2.12. The second kappa shape index (κ2) is 7.18. The Hall–Kier alpha value is -1.20. The fourth-order valence-corrected chi connectivity index (χ4v) is 2.79. The Labute approximate surface area is 130 Å². The van der Waals surface area contributed by atoms with Gasteiger partial charge in [-0.1, -0.05) is 0 Å². The van der Waals surface area contributed by atoms with Crippen molar-refractivity contribution >= 4 is 37.6 Å². The van der Waals surface area contributed by atoms with Crippen LogP contribution in [0.5, 0.6) is 0 Å². The summed E-state index contributed by atoms with van der Waals surface area (Å²) in [5.74, 6) is -0.198. The molecule has 0 aliphatic carbocycles. The van der Waals surface area contributed by atoms with Crippen LogP contribution in [0.25, 0.3) is 0 Å². The fourth-order valence-electron chi connectivity index (χ4n) is 1.70. The molecule has 0 bridgehead atoms. The van der Waals surface area contributed by atoms with Gasteiger partial charge in [0, 0.05) is 18.3 Å². The summed E-state index contributed by atoms with van der Waals surface area (Å²) in [5.41, 5.74) is -0.167. The molecule has 0 atom stereocenters. The number of aromatic nitrogens is 2. The SMILES string of the molecule is CC(C)Nc1c([N+](=O)[O-])c(Br)nn1CCCCS(=O)(=O)[O-]. The predicted molar refractivity (Wildman–Crippen MR) is 79.1 cm³/mol. The zero-order valence-electron chi connectivity index (χ0n) is 11.6. The molecule has 120 valence electrons. The number of nitrogens with one attached hydrogen (secondary N) is 1. The van der Waals surface area contributed by atoms with Crippen LogP contribution in [0.3, 0.4) is 0 Å². The molecule has 1 aromatic rings. The van der Waals surface area contributed by atoms with Gasteiger partial charge < -0.3 is 9.87 Å². The van der Waals surface area contributed by atoms with Crippen molar-refractivity contribution in [1.82, 2.24) is 9.78 Å². The highest BCUT2D eigenvalue weighted by Crippen LogP contribution is 2.33. The predicted octanol–water partition coefficient (Wildman–Crippen LogP) is 1.70. The molecule has 0 saturated heterocycles. The van der Waals surface area contributed by atoms with E-state index in [-0.39, 0.29) is 35.1 Å². The van der Waals surface area contributed by atoms with Crippen LogP contribution in [-0.4, -0.2) is 39.5 Å². The summed E-state index contributed by atoms with van der Waals surface area (Å²) in [6.45, 7) is 3.94. The number of anilines is 1. The van der Waals surface area contributed by atoms with Gasteiger partial charge in [-0.05, 0) is 42.6 Å². The van der Waals surface area contributed by atoms with Crippen molar-refractivity contribution in [1.29, 1.82) is 0 Å². The topological polar surface area (TPSA) is 130 Å². The van der Waals surface area contributed by atoms with E-state index in [0.29, 0.717) is 6.42 Å². The van der Waals surface area contributed by atoms with Crippen molar-refractivity contribution in [2.45, 2.75) is 39.3 Å². The van der Waals surface area contributed by atoms with E-state index in [0.717, 1.165) is 0 Å². The summed E-state index contributed by atoms with van der Waals surface area (Å²) >= 11 is 3.04. The number of rotatable bonds is 8. The fraction of sp³-hybridized carbons (Fsp3) is 0.700. The first kappa shape index (κ1) is 17.9. The van der Waals surface area contributed by atoms with Crippen molar-refractivity contribution in [2.24, 2.45) is 0 Å². The van der Waals surface area contributed by atoms with Crippen LogP contribution in [0.15, 0.2) is 4.60 Å². The molecule has 0 aliphatic rings. The minimum atomic E-state index is -4.24. The first-order valence-electron chi connectivity index (χ1n) is 6.22. The summed E-state index contributed by atoms with van der Waals surface area (Å²) < 4.78 is 33.1. The minimum absolute atomic E-state index is 0.0342. The van der Waals surface area contributed by atoms with E-state index in [9.17, 15) is 23.1 Å². The normalized spacial score (nSPS) is 11.9. The number of nitrogens with zero attached hydrogens (tertiary/aromatic N) is 3. The molecule has 1 heterocycles. The van der Waals surface area contributed by atoms with Crippen LogP contribution in [0.2, 0.25) is 0 Å². The van der Waals surface area contributed by atoms with Gasteiger partial charge in [-0.2, -0.15) is 5.10 Å². The second-order valence-electron chi connectivity index (χ2n) is 4.74. The van der Waals surface area contributed by atoms with Crippen molar-refractivity contribution in [3.05, 3.63) is 14.7 Å². The largest absolute Gasteiger partial charge is 0.748 e. The molecular weight excluding hydrogens is 368 g/mol. The quantitative estimate of drug-likeness (QED) is 0.312. The zero-order valence-corrected chi connectivity index (χ0v) is 14.0. The third-order valence-corrected chi connectivity index (χ3v) is 3.83. The van der Waals surface area contributed by atoms with Crippen LogP contribution >= 0.6 is 15.9 Å². The average molecular weight is 384 g/mol. The second-order valence-corrected chi connectivity index (χ2v) is 7.01. The standard InChI is InChI=1S/C10H17BrN4O5S/c1-7(2)12-10-8(15(16)17)9(11)13-14(10)5-3-4-6-21(18,19)20/h7,12H,3-6H2,1-2H3,(H,18,19,20)/p-1.